The molecular formula is C54H54F2N6O6. The molecule has 2 saturated heterocycles. The SMILES string of the molecule is O=C(NCCc1ccc(F)cc1)[C@@H]1CN(C(=O)c2ccc(C(=O)N3C[C@@H](C(=O)N[C@H]4C[C@@H]4c4ccccc4)[C@H](C(=O)N[C@H]4C[C@@H]4c4ccccc4)C3)cc2)C[C@H]1C(=O)NCCc1ccc(F)cc1. The van der Waals surface area contributed by atoms with E-state index in [2.05, 4.69) is 21.3 Å². The predicted molar refractivity (Wildman–Crippen MR) is 250 cm³/mol. The highest BCUT2D eigenvalue weighted by atomic mass is 19.1. The van der Waals surface area contributed by atoms with Gasteiger partial charge >= 0.3 is 0 Å². The molecule has 68 heavy (non-hydrogen) atoms. The Morgan fingerprint density at radius 2 is 0.779 bits per heavy atom. The van der Waals surface area contributed by atoms with Crippen LogP contribution < -0.4 is 21.3 Å². The lowest BCUT2D eigenvalue weighted by atomic mass is 9.94. The van der Waals surface area contributed by atoms with Crippen molar-refractivity contribution in [2.45, 2.75) is 49.6 Å². The molecule has 4 fully saturated rings. The molecule has 4 aliphatic rings. The molecule has 8 atom stereocenters. The van der Waals surface area contributed by atoms with E-state index < -0.39 is 41.4 Å². The highest BCUT2D eigenvalue weighted by molar-refractivity contribution is 6.00. The summed E-state index contributed by atoms with van der Waals surface area (Å²) in [5, 5.41) is 12.1. The fourth-order valence-electron chi connectivity index (χ4n) is 9.77. The molecule has 350 valence electrons. The number of amides is 6. The van der Waals surface area contributed by atoms with Crippen molar-refractivity contribution in [2.75, 3.05) is 39.3 Å². The van der Waals surface area contributed by atoms with Gasteiger partial charge in [-0.25, -0.2) is 8.78 Å². The zero-order valence-corrected chi connectivity index (χ0v) is 37.5. The third kappa shape index (κ3) is 10.8. The Morgan fingerprint density at radius 3 is 1.13 bits per heavy atom. The maximum atomic E-state index is 14.1. The van der Waals surface area contributed by atoms with E-state index in [4.69, 9.17) is 0 Å². The summed E-state index contributed by atoms with van der Waals surface area (Å²) >= 11 is 0. The Morgan fingerprint density at radius 1 is 0.441 bits per heavy atom. The molecule has 0 aromatic heterocycles. The van der Waals surface area contributed by atoms with Gasteiger partial charge in [-0.3, -0.25) is 28.8 Å². The molecule has 6 amide bonds. The van der Waals surface area contributed by atoms with Crippen LogP contribution in [0, 0.1) is 35.3 Å². The van der Waals surface area contributed by atoms with Crippen LogP contribution in [0.15, 0.2) is 133 Å². The summed E-state index contributed by atoms with van der Waals surface area (Å²) in [4.78, 5) is 86.4. The standard InChI is InChI=1S/C54H54F2N6O6/c55-39-19-11-33(12-20-39)23-25-57-49(63)43-29-61(30-44(43)50(64)58-26-24-34-13-21-40(56)22-14-34)53(67)37-15-17-38(18-16-37)54(68)62-31-45(51(65)59-47-27-41(47)35-7-3-1-4-8-35)46(32-62)52(66)60-48-28-42(48)36-9-5-2-6-10-36/h1-22,41-48H,23-32H2,(H,57,63)(H,58,64)(H,59,65)(H,60,66)/t41-,42-,43-,44-,45-,46-,47+,48+/m1/s1. The van der Waals surface area contributed by atoms with Gasteiger partial charge in [-0.15, -0.1) is 0 Å². The summed E-state index contributed by atoms with van der Waals surface area (Å²) in [5.74, 6) is -5.71. The van der Waals surface area contributed by atoms with Crippen LogP contribution in [0.3, 0.4) is 0 Å². The maximum absolute atomic E-state index is 14.1. The molecule has 12 nitrogen and oxygen atoms in total. The number of halogens is 2. The molecule has 2 aliphatic carbocycles. The minimum atomic E-state index is -0.863. The van der Waals surface area contributed by atoms with Gasteiger partial charge in [0.2, 0.25) is 23.6 Å². The van der Waals surface area contributed by atoms with Crippen LogP contribution in [0.1, 0.15) is 67.6 Å². The highest BCUT2D eigenvalue weighted by Gasteiger charge is 2.49. The number of rotatable bonds is 16. The second-order valence-electron chi connectivity index (χ2n) is 18.5. The lowest BCUT2D eigenvalue weighted by Gasteiger charge is -2.18. The van der Waals surface area contributed by atoms with Crippen molar-refractivity contribution in [3.63, 3.8) is 0 Å². The summed E-state index contributed by atoms with van der Waals surface area (Å²) in [7, 11) is 0. The zero-order valence-electron chi connectivity index (χ0n) is 37.5. The largest absolute Gasteiger partial charge is 0.355 e. The number of nitrogens with one attached hydrogen (secondary N) is 4. The van der Waals surface area contributed by atoms with E-state index in [1.807, 2.05) is 60.7 Å². The molecule has 5 aromatic rings. The molecule has 0 bridgehead atoms. The minimum Gasteiger partial charge on any atom is -0.355 e. The van der Waals surface area contributed by atoms with Crippen molar-refractivity contribution in [3.05, 3.63) is 178 Å². The normalized spacial score (nSPS) is 23.6. The number of nitrogens with zero attached hydrogens (tertiary/aromatic N) is 2. The van der Waals surface area contributed by atoms with E-state index in [0.717, 1.165) is 35.1 Å². The second-order valence-corrected chi connectivity index (χ2v) is 18.5. The molecule has 2 heterocycles. The Bertz CT molecular complexity index is 2490. The van der Waals surface area contributed by atoms with E-state index in [9.17, 15) is 37.5 Å². The average Bonchev–Trinajstić information content (AvgIpc) is 4.20. The zero-order chi connectivity index (χ0) is 47.3. The van der Waals surface area contributed by atoms with Gasteiger partial charge in [-0.1, -0.05) is 84.9 Å². The van der Waals surface area contributed by atoms with Crippen molar-refractivity contribution >= 4 is 35.4 Å². The number of carbonyl (C=O) groups is 6. The lowest BCUT2D eigenvalue weighted by Crippen LogP contribution is -2.43. The predicted octanol–water partition coefficient (Wildman–Crippen LogP) is 5.40. The summed E-state index contributed by atoms with van der Waals surface area (Å²) in [5.41, 5.74) is 4.46. The van der Waals surface area contributed by atoms with Gasteiger partial charge in [0.25, 0.3) is 11.8 Å². The van der Waals surface area contributed by atoms with Crippen LogP contribution >= 0.6 is 0 Å². The Labute approximate surface area is 393 Å². The van der Waals surface area contributed by atoms with Crippen LogP contribution in [0.2, 0.25) is 0 Å². The van der Waals surface area contributed by atoms with Gasteiger partial charge in [0.1, 0.15) is 11.6 Å². The third-order valence-corrected chi connectivity index (χ3v) is 13.9. The van der Waals surface area contributed by atoms with Gasteiger partial charge < -0.3 is 31.1 Å². The van der Waals surface area contributed by atoms with E-state index in [1.165, 1.54) is 58.3 Å². The van der Waals surface area contributed by atoms with Crippen molar-refractivity contribution < 1.29 is 37.5 Å². The molecular weight excluding hydrogens is 867 g/mol. The molecule has 5 aromatic carbocycles. The van der Waals surface area contributed by atoms with Crippen LogP contribution in [-0.2, 0) is 32.0 Å². The molecule has 2 saturated carbocycles. The van der Waals surface area contributed by atoms with Crippen LogP contribution in [-0.4, -0.2) is 96.6 Å². The molecule has 0 radical (unpaired) electrons. The fourth-order valence-corrected chi connectivity index (χ4v) is 9.77. The van der Waals surface area contributed by atoms with Gasteiger partial charge in [0.05, 0.1) is 23.7 Å². The first-order valence-corrected chi connectivity index (χ1v) is 23.4. The van der Waals surface area contributed by atoms with Gasteiger partial charge in [-0.2, -0.15) is 0 Å². The summed E-state index contributed by atoms with van der Waals surface area (Å²) < 4.78 is 26.9. The molecule has 0 spiro atoms. The number of likely N-dealkylation sites (tertiary alicyclic amines) is 2. The van der Waals surface area contributed by atoms with E-state index in [0.29, 0.717) is 12.8 Å². The number of benzene rings is 5. The van der Waals surface area contributed by atoms with Crippen LogP contribution in [0.25, 0.3) is 0 Å². The van der Waals surface area contributed by atoms with Crippen LogP contribution in [0.4, 0.5) is 8.78 Å². The van der Waals surface area contributed by atoms with Gasteiger partial charge in [0, 0.05) is 74.3 Å². The van der Waals surface area contributed by atoms with Crippen molar-refractivity contribution in [3.8, 4) is 0 Å². The first-order valence-electron chi connectivity index (χ1n) is 23.4. The Kier molecular flexibility index (Phi) is 13.7. The average molecular weight is 921 g/mol. The Hall–Kier alpha value is -7.22. The molecule has 0 unspecified atom stereocenters. The third-order valence-electron chi connectivity index (χ3n) is 13.9. The maximum Gasteiger partial charge on any atom is 0.253 e. The van der Waals surface area contributed by atoms with Gasteiger partial charge in [-0.05, 0) is 96.5 Å². The molecule has 9 rings (SSSR count). The van der Waals surface area contributed by atoms with Crippen LogP contribution in [0.5, 0.6) is 0 Å². The first kappa shape index (κ1) is 45.9. The second kappa shape index (κ2) is 20.3. The smallest absolute Gasteiger partial charge is 0.253 e. The monoisotopic (exact) mass is 920 g/mol. The molecule has 14 heteroatoms. The van der Waals surface area contributed by atoms with Crippen molar-refractivity contribution in [1.29, 1.82) is 0 Å². The number of hydrogen-bond donors (Lipinski definition) is 4. The fraction of sp³-hybridized carbons (Fsp3) is 0.333. The quantitative estimate of drug-likeness (QED) is 0.104. The topological polar surface area (TPSA) is 157 Å². The Balaban J connectivity index is 0.849. The van der Waals surface area contributed by atoms with Gasteiger partial charge in [0.15, 0.2) is 0 Å². The highest BCUT2D eigenvalue weighted by Crippen LogP contribution is 2.43. The van der Waals surface area contributed by atoms with E-state index in [1.54, 1.807) is 24.3 Å². The number of carbonyl (C=O) groups excluding carboxylic acids is 6. The van der Waals surface area contributed by atoms with Crippen molar-refractivity contribution in [1.82, 2.24) is 31.1 Å². The molecule has 4 N–H and O–H groups in total. The van der Waals surface area contributed by atoms with E-state index in [-0.39, 0.29) is 104 Å². The summed E-state index contributed by atoms with van der Waals surface area (Å²) in [6.45, 7) is 0.515. The summed E-state index contributed by atoms with van der Waals surface area (Å²) in [6, 6.07) is 37.9. The molecule has 2 aliphatic heterocycles. The first-order chi connectivity index (χ1) is 33.0. The number of hydrogen-bond acceptors (Lipinski definition) is 6. The van der Waals surface area contributed by atoms with Crippen molar-refractivity contribution in [2.24, 2.45) is 23.7 Å². The summed E-state index contributed by atoms with van der Waals surface area (Å²) in [6.07, 6.45) is 2.46. The minimum absolute atomic E-state index is 0.0292. The van der Waals surface area contributed by atoms with E-state index >= 15 is 0 Å². The lowest BCUT2D eigenvalue weighted by molar-refractivity contribution is -0.133.